The second-order valence-electron chi connectivity index (χ2n) is 6.35. The molecule has 0 bridgehead atoms. The predicted molar refractivity (Wildman–Crippen MR) is 109 cm³/mol. The molecule has 2 aromatic carbocycles. The lowest BCUT2D eigenvalue weighted by molar-refractivity contribution is -0.123. The lowest BCUT2D eigenvalue weighted by Crippen LogP contribution is -2.44. The minimum Gasteiger partial charge on any atom is -0.467 e. The van der Waals surface area contributed by atoms with E-state index in [-0.39, 0.29) is 24.8 Å². The van der Waals surface area contributed by atoms with Crippen molar-refractivity contribution in [2.45, 2.75) is 6.54 Å². The van der Waals surface area contributed by atoms with Gasteiger partial charge in [-0.05, 0) is 42.0 Å². The fraction of sp³-hybridized carbons (Fsp3) is 0.0909. The minimum absolute atomic E-state index is 0.0932. The second-order valence-corrected chi connectivity index (χ2v) is 6.75. The molecular formula is C22H17ClN2O4. The van der Waals surface area contributed by atoms with Crippen molar-refractivity contribution >= 4 is 35.2 Å². The molecule has 4 rings (SSSR count). The smallest absolute Gasteiger partial charge is 0.294 e. The Labute approximate surface area is 172 Å². The first-order valence-corrected chi connectivity index (χ1v) is 9.33. The van der Waals surface area contributed by atoms with Crippen LogP contribution < -0.4 is 15.0 Å². The van der Waals surface area contributed by atoms with Crippen molar-refractivity contribution in [1.82, 2.24) is 5.32 Å². The van der Waals surface area contributed by atoms with Crippen molar-refractivity contribution in [2.75, 3.05) is 11.4 Å². The largest absolute Gasteiger partial charge is 0.467 e. The van der Waals surface area contributed by atoms with E-state index >= 15 is 0 Å². The van der Waals surface area contributed by atoms with E-state index in [1.807, 2.05) is 6.07 Å². The lowest BCUT2D eigenvalue weighted by atomic mass is 10.1. The van der Waals surface area contributed by atoms with Crippen LogP contribution in [-0.2, 0) is 16.1 Å². The van der Waals surface area contributed by atoms with E-state index in [2.05, 4.69) is 5.32 Å². The Kier molecular flexibility index (Phi) is 5.35. The maximum absolute atomic E-state index is 13.1. The normalized spacial score (nSPS) is 14.4. The monoisotopic (exact) mass is 408 g/mol. The van der Waals surface area contributed by atoms with Crippen LogP contribution in [0.15, 0.2) is 77.1 Å². The molecule has 1 aromatic heterocycles. The molecule has 2 amide bonds. The zero-order valence-corrected chi connectivity index (χ0v) is 16.1. The van der Waals surface area contributed by atoms with Crippen LogP contribution in [0.4, 0.5) is 5.69 Å². The maximum atomic E-state index is 13.1. The Bertz CT molecular complexity index is 1080. The average Bonchev–Trinajstić information content (AvgIpc) is 3.25. The molecule has 0 fully saturated rings. The number of halogens is 1. The van der Waals surface area contributed by atoms with Crippen molar-refractivity contribution < 1.29 is 18.7 Å². The molecule has 29 heavy (non-hydrogen) atoms. The van der Waals surface area contributed by atoms with Gasteiger partial charge < -0.3 is 14.5 Å². The molecule has 6 nitrogen and oxygen atoms in total. The quantitative estimate of drug-likeness (QED) is 0.647. The molecular weight excluding hydrogens is 392 g/mol. The van der Waals surface area contributed by atoms with Gasteiger partial charge in [0.05, 0.1) is 18.5 Å². The molecule has 7 heteroatoms. The molecule has 0 spiro atoms. The van der Waals surface area contributed by atoms with Crippen molar-refractivity contribution in [3.63, 3.8) is 0 Å². The van der Waals surface area contributed by atoms with E-state index in [9.17, 15) is 9.59 Å². The highest BCUT2D eigenvalue weighted by Gasteiger charge is 2.31. The number of nitrogens with one attached hydrogen (secondary N) is 1. The Balaban J connectivity index is 1.59. The zero-order valence-electron chi connectivity index (χ0n) is 15.3. The van der Waals surface area contributed by atoms with Gasteiger partial charge in [-0.15, -0.1) is 0 Å². The van der Waals surface area contributed by atoms with Crippen molar-refractivity contribution in [3.05, 3.63) is 89.0 Å². The zero-order chi connectivity index (χ0) is 20.2. The molecule has 0 unspecified atom stereocenters. The van der Waals surface area contributed by atoms with E-state index in [4.69, 9.17) is 20.8 Å². The van der Waals surface area contributed by atoms with E-state index in [1.54, 1.807) is 60.7 Å². The van der Waals surface area contributed by atoms with E-state index in [0.717, 1.165) is 0 Å². The van der Waals surface area contributed by atoms with Gasteiger partial charge >= 0.3 is 0 Å². The van der Waals surface area contributed by atoms with Crippen molar-refractivity contribution in [2.24, 2.45) is 0 Å². The number of para-hydroxylation sites is 2. The molecule has 0 saturated carbocycles. The van der Waals surface area contributed by atoms with Crippen LogP contribution in [0.3, 0.4) is 0 Å². The number of fused-ring (bicyclic) bond motifs is 1. The number of benzene rings is 2. The van der Waals surface area contributed by atoms with Gasteiger partial charge in [-0.3, -0.25) is 14.5 Å². The molecule has 1 aliphatic heterocycles. The van der Waals surface area contributed by atoms with Crippen LogP contribution in [0.5, 0.6) is 5.75 Å². The molecule has 0 aliphatic carbocycles. The number of carbonyl (C=O) groups is 2. The molecule has 0 atom stereocenters. The van der Waals surface area contributed by atoms with Crippen LogP contribution in [0, 0.1) is 0 Å². The van der Waals surface area contributed by atoms with Gasteiger partial charge in [-0.25, -0.2) is 0 Å². The molecule has 0 radical (unpaired) electrons. The second kappa shape index (κ2) is 8.24. The summed E-state index contributed by atoms with van der Waals surface area (Å²) in [5.74, 6) is 0.478. The van der Waals surface area contributed by atoms with Gasteiger partial charge in [0.25, 0.3) is 5.91 Å². The Hall–Kier alpha value is -3.51. The summed E-state index contributed by atoms with van der Waals surface area (Å²) in [7, 11) is 0. The van der Waals surface area contributed by atoms with Gasteiger partial charge in [0.15, 0.2) is 11.5 Å². The van der Waals surface area contributed by atoms with Gasteiger partial charge in [-0.2, -0.15) is 0 Å². The summed E-state index contributed by atoms with van der Waals surface area (Å²) in [5.41, 5.74) is 1.18. The maximum Gasteiger partial charge on any atom is 0.294 e. The number of rotatable bonds is 5. The van der Waals surface area contributed by atoms with Gasteiger partial charge in [-0.1, -0.05) is 41.9 Å². The first kappa shape index (κ1) is 18.8. The molecule has 146 valence electrons. The Morgan fingerprint density at radius 3 is 2.66 bits per heavy atom. The Morgan fingerprint density at radius 2 is 1.86 bits per heavy atom. The fourth-order valence-electron chi connectivity index (χ4n) is 2.95. The molecule has 1 N–H and O–H groups in total. The van der Waals surface area contributed by atoms with Gasteiger partial charge in [0.2, 0.25) is 5.91 Å². The summed E-state index contributed by atoms with van der Waals surface area (Å²) in [6.45, 7) is 0.0914. The highest BCUT2D eigenvalue weighted by molar-refractivity contribution is 6.32. The first-order chi connectivity index (χ1) is 14.1. The van der Waals surface area contributed by atoms with Gasteiger partial charge in [0.1, 0.15) is 12.3 Å². The average molecular weight is 409 g/mol. The third-order valence-corrected chi connectivity index (χ3v) is 4.71. The van der Waals surface area contributed by atoms with Gasteiger partial charge in [0, 0.05) is 5.02 Å². The van der Waals surface area contributed by atoms with Crippen LogP contribution in [0.2, 0.25) is 5.02 Å². The minimum atomic E-state index is -0.420. The van der Waals surface area contributed by atoms with Crippen LogP contribution in [0.1, 0.15) is 11.3 Å². The fourth-order valence-corrected chi connectivity index (χ4v) is 3.14. The van der Waals surface area contributed by atoms with Crippen LogP contribution in [0.25, 0.3) is 6.08 Å². The molecule has 2 heterocycles. The number of hydrogen-bond donors (Lipinski definition) is 1. The highest BCUT2D eigenvalue weighted by Crippen LogP contribution is 2.35. The standard InChI is InChI=1S/C22H17ClN2O4/c23-17-8-2-1-6-15(17)12-20-22(27)25(18-9-3-4-10-19(18)29-20)14-21(26)24-13-16-7-5-11-28-16/h1-12H,13-14H2,(H,24,26). The van der Waals surface area contributed by atoms with E-state index < -0.39 is 5.91 Å². The highest BCUT2D eigenvalue weighted by atomic mass is 35.5. The van der Waals surface area contributed by atoms with Crippen molar-refractivity contribution in [3.8, 4) is 5.75 Å². The number of amides is 2. The first-order valence-electron chi connectivity index (χ1n) is 8.96. The lowest BCUT2D eigenvalue weighted by Gasteiger charge is -2.30. The molecule has 0 saturated heterocycles. The van der Waals surface area contributed by atoms with Crippen LogP contribution >= 0.6 is 11.6 Å². The third kappa shape index (κ3) is 4.17. The summed E-state index contributed by atoms with van der Waals surface area (Å²) in [4.78, 5) is 26.9. The summed E-state index contributed by atoms with van der Waals surface area (Å²) in [5, 5.41) is 3.25. The van der Waals surface area contributed by atoms with Crippen molar-refractivity contribution in [1.29, 1.82) is 0 Å². The Morgan fingerprint density at radius 1 is 1.07 bits per heavy atom. The van der Waals surface area contributed by atoms with E-state index in [1.165, 1.54) is 11.2 Å². The number of anilines is 1. The number of hydrogen-bond acceptors (Lipinski definition) is 4. The summed E-state index contributed by atoms with van der Waals surface area (Å²) in [6, 6.07) is 17.7. The molecule has 1 aliphatic rings. The number of ether oxygens (including phenoxy) is 1. The summed E-state index contributed by atoms with van der Waals surface area (Å²) < 4.78 is 11.0. The number of nitrogens with zero attached hydrogens (tertiary/aromatic N) is 1. The number of carbonyl (C=O) groups excluding carboxylic acids is 2. The SMILES string of the molecule is O=C(CN1C(=O)C(=Cc2ccccc2Cl)Oc2ccccc21)NCc1ccco1. The molecule has 3 aromatic rings. The topological polar surface area (TPSA) is 71.8 Å². The number of furan rings is 1. The van der Waals surface area contributed by atoms with E-state index in [0.29, 0.717) is 27.8 Å². The third-order valence-electron chi connectivity index (χ3n) is 4.37. The summed E-state index contributed by atoms with van der Waals surface area (Å²) in [6.07, 6.45) is 3.11. The van der Waals surface area contributed by atoms with Crippen LogP contribution in [-0.4, -0.2) is 18.4 Å². The summed E-state index contributed by atoms with van der Waals surface area (Å²) >= 11 is 6.20. The predicted octanol–water partition coefficient (Wildman–Crippen LogP) is 4.02.